The number of nitrogens with one attached hydrogen (secondary N) is 1. The summed E-state index contributed by atoms with van der Waals surface area (Å²) in [4.78, 5) is 16.4. The van der Waals surface area contributed by atoms with Gasteiger partial charge in [0.15, 0.2) is 0 Å². The largest absolute Gasteiger partial charge is 0.478 e. The van der Waals surface area contributed by atoms with E-state index >= 15 is 0 Å². The molecule has 0 saturated carbocycles. The van der Waals surface area contributed by atoms with Gasteiger partial charge in [0.2, 0.25) is 0 Å². The van der Waals surface area contributed by atoms with Gasteiger partial charge in [0.1, 0.15) is 11.3 Å². The van der Waals surface area contributed by atoms with Crippen LogP contribution in [0.3, 0.4) is 0 Å². The number of fused-ring (bicyclic) bond motifs is 2. The molecule has 0 bridgehead atoms. The van der Waals surface area contributed by atoms with Gasteiger partial charge in [0.25, 0.3) is 0 Å². The van der Waals surface area contributed by atoms with Crippen LogP contribution < -0.4 is 10.7 Å². The molecule has 0 saturated heterocycles. The standard InChI is InChI=1S/C25H24N2O3/c1-4-26-21-13-23-16(10-15(21)3)11-17-12-20(22(27-5-2)14-24(17)30-23)18-8-6-7-9-19(18)25(28)29/h6-14,26H,4-5H2,1-3H3,(H,28,29). The number of aryl methyl sites for hydroxylation is 1. The summed E-state index contributed by atoms with van der Waals surface area (Å²) in [5.74, 6) is -0.236. The van der Waals surface area contributed by atoms with Crippen molar-refractivity contribution in [3.63, 3.8) is 0 Å². The number of hydrogen-bond acceptors (Lipinski definition) is 4. The molecule has 0 atom stereocenters. The number of carboxylic acids is 1. The number of rotatable bonds is 5. The van der Waals surface area contributed by atoms with Crippen molar-refractivity contribution >= 4 is 22.6 Å². The van der Waals surface area contributed by atoms with Crippen molar-refractivity contribution in [2.75, 3.05) is 18.4 Å². The molecule has 2 aliphatic rings. The van der Waals surface area contributed by atoms with E-state index in [-0.39, 0.29) is 5.56 Å². The van der Waals surface area contributed by atoms with Gasteiger partial charge in [-0.15, -0.1) is 0 Å². The fourth-order valence-corrected chi connectivity index (χ4v) is 3.79. The van der Waals surface area contributed by atoms with E-state index in [9.17, 15) is 9.90 Å². The zero-order valence-corrected chi connectivity index (χ0v) is 17.3. The Balaban J connectivity index is 2.01. The summed E-state index contributed by atoms with van der Waals surface area (Å²) in [6.45, 7) is 7.52. The molecule has 0 spiro atoms. The van der Waals surface area contributed by atoms with Crippen LogP contribution in [0, 0.1) is 6.92 Å². The first-order chi connectivity index (χ1) is 14.5. The van der Waals surface area contributed by atoms with Gasteiger partial charge in [-0.2, -0.15) is 0 Å². The van der Waals surface area contributed by atoms with Gasteiger partial charge in [-0.3, -0.25) is 4.99 Å². The van der Waals surface area contributed by atoms with Crippen molar-refractivity contribution in [3.8, 4) is 22.5 Å². The maximum absolute atomic E-state index is 11.8. The lowest BCUT2D eigenvalue weighted by Crippen LogP contribution is -2.11. The number of hydrogen-bond donors (Lipinski definition) is 2. The topological polar surface area (TPSA) is 74.8 Å². The van der Waals surface area contributed by atoms with E-state index in [1.54, 1.807) is 12.1 Å². The molecule has 1 aliphatic heterocycles. The molecule has 5 nitrogen and oxygen atoms in total. The van der Waals surface area contributed by atoms with Crippen molar-refractivity contribution < 1.29 is 14.3 Å². The van der Waals surface area contributed by atoms with E-state index in [0.717, 1.165) is 51.0 Å². The van der Waals surface area contributed by atoms with Crippen molar-refractivity contribution in [1.82, 2.24) is 0 Å². The highest BCUT2D eigenvalue weighted by Crippen LogP contribution is 2.33. The number of anilines is 1. The molecule has 0 fully saturated rings. The Morgan fingerprint density at radius 1 is 1.07 bits per heavy atom. The minimum Gasteiger partial charge on any atom is -0.478 e. The molecular weight excluding hydrogens is 376 g/mol. The molecule has 5 heteroatoms. The molecule has 0 radical (unpaired) electrons. The first kappa shape index (κ1) is 19.7. The third-order valence-corrected chi connectivity index (χ3v) is 5.16. The van der Waals surface area contributed by atoms with Crippen molar-refractivity contribution in [2.45, 2.75) is 20.8 Å². The van der Waals surface area contributed by atoms with Crippen LogP contribution in [0.25, 0.3) is 33.4 Å². The van der Waals surface area contributed by atoms with E-state index in [0.29, 0.717) is 12.1 Å². The van der Waals surface area contributed by atoms with Crippen LogP contribution in [-0.2, 0) is 0 Å². The van der Waals surface area contributed by atoms with Gasteiger partial charge in [0, 0.05) is 47.4 Å². The van der Waals surface area contributed by atoms with Crippen molar-refractivity contribution in [1.29, 1.82) is 0 Å². The highest BCUT2D eigenvalue weighted by Gasteiger charge is 2.17. The number of aromatic carboxylic acids is 1. The molecule has 4 rings (SSSR count). The third-order valence-electron chi connectivity index (χ3n) is 5.16. The molecule has 2 aromatic rings. The second-order valence-corrected chi connectivity index (χ2v) is 7.21. The Bertz CT molecular complexity index is 1290. The molecule has 0 aromatic heterocycles. The first-order valence-corrected chi connectivity index (χ1v) is 10.1. The summed E-state index contributed by atoms with van der Waals surface area (Å²) in [5, 5.41) is 14.7. The predicted octanol–water partition coefficient (Wildman–Crippen LogP) is 5.56. The first-order valence-electron chi connectivity index (χ1n) is 10.1. The molecule has 2 N–H and O–H groups in total. The van der Waals surface area contributed by atoms with Crippen LogP contribution >= 0.6 is 0 Å². The van der Waals surface area contributed by atoms with Gasteiger partial charge in [-0.1, -0.05) is 18.2 Å². The smallest absolute Gasteiger partial charge is 0.336 e. The Morgan fingerprint density at radius 3 is 2.60 bits per heavy atom. The van der Waals surface area contributed by atoms with E-state index in [2.05, 4.69) is 36.3 Å². The molecule has 2 aromatic carbocycles. The highest BCUT2D eigenvalue weighted by atomic mass is 16.4. The quantitative estimate of drug-likeness (QED) is 0.430. The zero-order valence-electron chi connectivity index (χ0n) is 17.3. The highest BCUT2D eigenvalue weighted by molar-refractivity contribution is 5.97. The fourth-order valence-electron chi connectivity index (χ4n) is 3.79. The lowest BCUT2D eigenvalue weighted by molar-refractivity contribution is 0.0697. The summed E-state index contributed by atoms with van der Waals surface area (Å²) in [7, 11) is 0. The number of carbonyl (C=O) groups is 1. The summed E-state index contributed by atoms with van der Waals surface area (Å²) in [5.41, 5.74) is 5.60. The average Bonchev–Trinajstić information content (AvgIpc) is 2.73. The lowest BCUT2D eigenvalue weighted by Gasteiger charge is -2.14. The lowest BCUT2D eigenvalue weighted by atomic mass is 9.95. The Labute approximate surface area is 175 Å². The van der Waals surface area contributed by atoms with Gasteiger partial charge in [-0.25, -0.2) is 4.79 Å². The molecule has 30 heavy (non-hydrogen) atoms. The van der Waals surface area contributed by atoms with Crippen LogP contribution in [0.2, 0.25) is 0 Å². The summed E-state index contributed by atoms with van der Waals surface area (Å²) in [6.07, 6.45) is 0. The fraction of sp³-hybridized carbons (Fsp3) is 0.200. The van der Waals surface area contributed by atoms with Gasteiger partial charge in [0.05, 0.1) is 10.9 Å². The van der Waals surface area contributed by atoms with Crippen LogP contribution in [0.1, 0.15) is 29.8 Å². The average molecular weight is 400 g/mol. The molecule has 1 heterocycles. The molecular formula is C25H24N2O3. The summed E-state index contributed by atoms with van der Waals surface area (Å²) in [6, 6.07) is 17.1. The second-order valence-electron chi connectivity index (χ2n) is 7.21. The molecule has 0 amide bonds. The molecule has 0 unspecified atom stereocenters. The Morgan fingerprint density at radius 2 is 1.87 bits per heavy atom. The molecule has 1 aliphatic carbocycles. The monoisotopic (exact) mass is 400 g/mol. The maximum atomic E-state index is 11.8. The second kappa shape index (κ2) is 8.03. The summed E-state index contributed by atoms with van der Waals surface area (Å²) < 4.78 is 6.23. The number of nitrogens with zero attached hydrogens (tertiary/aromatic N) is 1. The Kier molecular flexibility index (Phi) is 5.27. The van der Waals surface area contributed by atoms with E-state index in [4.69, 9.17) is 4.42 Å². The minimum absolute atomic E-state index is 0.258. The van der Waals surface area contributed by atoms with Crippen molar-refractivity contribution in [3.05, 3.63) is 71.1 Å². The summed E-state index contributed by atoms with van der Waals surface area (Å²) >= 11 is 0. The van der Waals surface area contributed by atoms with Crippen molar-refractivity contribution in [2.24, 2.45) is 4.99 Å². The molecule has 152 valence electrons. The Hall–Kier alpha value is -3.60. The van der Waals surface area contributed by atoms with Gasteiger partial charge < -0.3 is 14.8 Å². The zero-order chi connectivity index (χ0) is 21.3. The maximum Gasteiger partial charge on any atom is 0.336 e. The predicted molar refractivity (Wildman–Crippen MR) is 120 cm³/mol. The van der Waals surface area contributed by atoms with Crippen LogP contribution in [0.5, 0.6) is 0 Å². The van der Waals surface area contributed by atoms with Gasteiger partial charge in [-0.05, 0) is 56.2 Å². The normalized spacial score (nSPS) is 11.9. The third kappa shape index (κ3) is 3.54. The van der Waals surface area contributed by atoms with Crippen LogP contribution in [-0.4, -0.2) is 24.2 Å². The van der Waals surface area contributed by atoms with Crippen LogP contribution in [0.4, 0.5) is 5.69 Å². The number of benzene rings is 3. The van der Waals surface area contributed by atoms with E-state index in [1.165, 1.54) is 0 Å². The van der Waals surface area contributed by atoms with E-state index in [1.807, 2.05) is 37.3 Å². The minimum atomic E-state index is -0.956. The SMILES string of the molecule is CCN=c1cc2oc3cc(NCC)c(C)cc3cc-2cc1-c1ccccc1C(=O)O. The van der Waals surface area contributed by atoms with Crippen LogP contribution in [0.15, 0.2) is 64.0 Å². The van der Waals surface area contributed by atoms with Gasteiger partial charge >= 0.3 is 5.97 Å². The number of carboxylic acid groups (broad SMARTS) is 1. The van der Waals surface area contributed by atoms with E-state index < -0.39 is 5.97 Å².